The molecule has 0 bridgehead atoms. The van der Waals surface area contributed by atoms with Crippen molar-refractivity contribution in [1.82, 2.24) is 4.90 Å². The van der Waals surface area contributed by atoms with E-state index in [1.807, 2.05) is 6.07 Å². The Morgan fingerprint density at radius 1 is 0.838 bits per heavy atom. The smallest absolute Gasteiger partial charge is 0.143 e. The Bertz CT molecular complexity index is 1180. The molecule has 0 radical (unpaired) electrons. The lowest BCUT2D eigenvalue weighted by atomic mass is 10.1. The summed E-state index contributed by atoms with van der Waals surface area (Å²) in [7, 11) is 0. The molecule has 2 fully saturated rings. The molecule has 0 amide bonds. The number of benzene rings is 3. The Hall–Kier alpha value is -2.11. The predicted octanol–water partition coefficient (Wildman–Crippen LogP) is 7.52. The maximum atomic E-state index is 6.46. The first-order valence-corrected chi connectivity index (χ1v) is 13.5. The molecule has 4 nitrogen and oxygen atoms in total. The standard InChI is InChI=1S/C30H34ClN3O.2ClH/c31-25-13-12-24-22-35-30-11-2-1-10-28(30)34(29(24)20-25)21-27-9-6-17-33(27)18-14-23-7-5-8-26(19-23)32-15-3-4-16-32;;/h1-2,5,7-8,10-13,19-20,27H,3-4,6,9,14-18,21-22H2;2*1H. The number of hydrogen-bond acceptors (Lipinski definition) is 4. The normalized spacial score (nSPS) is 18.8. The van der Waals surface area contributed by atoms with Gasteiger partial charge in [0.25, 0.3) is 0 Å². The Balaban J connectivity index is 0.00000160. The first-order chi connectivity index (χ1) is 17.2. The number of ether oxygens (including phenoxy) is 1. The minimum absolute atomic E-state index is 0. The van der Waals surface area contributed by atoms with Gasteiger partial charge in [0.05, 0.1) is 5.69 Å². The van der Waals surface area contributed by atoms with Crippen LogP contribution in [0.2, 0.25) is 5.02 Å². The summed E-state index contributed by atoms with van der Waals surface area (Å²) in [5, 5.41) is 0.772. The molecule has 0 saturated carbocycles. The van der Waals surface area contributed by atoms with Crippen molar-refractivity contribution in [3.8, 4) is 5.75 Å². The molecule has 3 aromatic carbocycles. The van der Waals surface area contributed by atoms with Gasteiger partial charge in [0.1, 0.15) is 12.4 Å². The molecular formula is C30H36Cl3N3O. The number of halogens is 3. The summed E-state index contributed by atoms with van der Waals surface area (Å²) < 4.78 is 6.19. The number of likely N-dealkylation sites (tertiary alicyclic amines) is 1. The van der Waals surface area contributed by atoms with Gasteiger partial charge in [-0.3, -0.25) is 4.90 Å². The van der Waals surface area contributed by atoms with Crippen LogP contribution in [0.1, 0.15) is 36.8 Å². The predicted molar refractivity (Wildman–Crippen MR) is 160 cm³/mol. The lowest BCUT2D eigenvalue weighted by molar-refractivity contribution is 0.261. The molecule has 0 spiro atoms. The van der Waals surface area contributed by atoms with Crippen LogP contribution in [0.3, 0.4) is 0 Å². The zero-order chi connectivity index (χ0) is 23.6. The first kappa shape index (κ1) is 27.9. The summed E-state index contributed by atoms with van der Waals surface area (Å²) in [6.07, 6.45) is 6.22. The summed E-state index contributed by atoms with van der Waals surface area (Å²) in [6, 6.07) is 24.3. The fraction of sp³-hybridized carbons (Fsp3) is 0.400. The molecular weight excluding hydrogens is 525 g/mol. The third-order valence-electron chi connectivity index (χ3n) is 7.84. The van der Waals surface area contributed by atoms with E-state index in [1.165, 1.54) is 67.8 Å². The number of nitrogens with zero attached hydrogens (tertiary/aromatic N) is 3. The number of hydrogen-bond donors (Lipinski definition) is 0. The van der Waals surface area contributed by atoms with E-state index >= 15 is 0 Å². The van der Waals surface area contributed by atoms with Gasteiger partial charge in [0, 0.05) is 54.2 Å². The van der Waals surface area contributed by atoms with Gasteiger partial charge in [-0.25, -0.2) is 0 Å². The molecule has 7 heteroatoms. The van der Waals surface area contributed by atoms with E-state index in [2.05, 4.69) is 75.4 Å². The Morgan fingerprint density at radius 2 is 1.68 bits per heavy atom. The zero-order valence-corrected chi connectivity index (χ0v) is 23.5. The van der Waals surface area contributed by atoms with E-state index in [1.54, 1.807) is 0 Å². The number of para-hydroxylation sites is 2. The average molecular weight is 561 g/mol. The van der Waals surface area contributed by atoms with Gasteiger partial charge >= 0.3 is 0 Å². The monoisotopic (exact) mass is 559 g/mol. The van der Waals surface area contributed by atoms with Gasteiger partial charge in [0.15, 0.2) is 0 Å². The summed E-state index contributed by atoms with van der Waals surface area (Å²) in [4.78, 5) is 7.67. The minimum Gasteiger partial charge on any atom is -0.487 e. The van der Waals surface area contributed by atoms with E-state index in [-0.39, 0.29) is 24.8 Å². The van der Waals surface area contributed by atoms with Crippen LogP contribution in [0.4, 0.5) is 17.1 Å². The molecule has 0 N–H and O–H groups in total. The van der Waals surface area contributed by atoms with E-state index in [9.17, 15) is 0 Å². The lowest BCUT2D eigenvalue weighted by Crippen LogP contribution is -2.39. The molecule has 1 unspecified atom stereocenters. The van der Waals surface area contributed by atoms with Gasteiger partial charge in [-0.15, -0.1) is 24.8 Å². The van der Waals surface area contributed by atoms with Crippen LogP contribution >= 0.6 is 36.4 Å². The molecule has 0 aliphatic carbocycles. The van der Waals surface area contributed by atoms with Crippen LogP contribution < -0.4 is 14.5 Å². The van der Waals surface area contributed by atoms with Crippen LogP contribution in [0, 0.1) is 0 Å². The number of rotatable bonds is 6. The summed E-state index contributed by atoms with van der Waals surface area (Å²) in [5.41, 5.74) is 6.35. The van der Waals surface area contributed by atoms with Crippen LogP contribution in [0.25, 0.3) is 0 Å². The van der Waals surface area contributed by atoms with Gasteiger partial charge in [0.2, 0.25) is 0 Å². The van der Waals surface area contributed by atoms with E-state index in [0.717, 1.165) is 36.0 Å². The van der Waals surface area contributed by atoms with E-state index in [0.29, 0.717) is 12.6 Å². The Labute approximate surface area is 238 Å². The summed E-state index contributed by atoms with van der Waals surface area (Å²) >= 11 is 6.46. The van der Waals surface area contributed by atoms with Gasteiger partial charge < -0.3 is 14.5 Å². The molecule has 3 aromatic rings. The maximum Gasteiger partial charge on any atom is 0.143 e. The Kier molecular flexibility index (Phi) is 9.52. The quantitative estimate of drug-likeness (QED) is 0.310. The minimum atomic E-state index is 0. The highest BCUT2D eigenvalue weighted by atomic mass is 35.5. The topological polar surface area (TPSA) is 19.0 Å². The molecule has 6 rings (SSSR count). The van der Waals surface area contributed by atoms with Crippen molar-refractivity contribution in [3.63, 3.8) is 0 Å². The average Bonchev–Trinajstić information content (AvgIpc) is 3.56. The highest BCUT2D eigenvalue weighted by molar-refractivity contribution is 6.30. The van der Waals surface area contributed by atoms with Crippen molar-refractivity contribution in [1.29, 1.82) is 0 Å². The Morgan fingerprint density at radius 3 is 2.54 bits per heavy atom. The largest absolute Gasteiger partial charge is 0.487 e. The zero-order valence-electron chi connectivity index (χ0n) is 21.2. The summed E-state index contributed by atoms with van der Waals surface area (Å²) in [6.45, 7) is 6.19. The van der Waals surface area contributed by atoms with Crippen molar-refractivity contribution in [2.24, 2.45) is 0 Å². The van der Waals surface area contributed by atoms with Gasteiger partial charge in [-0.2, -0.15) is 0 Å². The van der Waals surface area contributed by atoms with E-state index in [4.69, 9.17) is 16.3 Å². The molecule has 37 heavy (non-hydrogen) atoms. The molecule has 3 heterocycles. The molecule has 0 aromatic heterocycles. The first-order valence-electron chi connectivity index (χ1n) is 13.1. The SMILES string of the molecule is Cl.Cl.Clc1ccc2c(c1)N(CC1CCCN1CCc1cccc(N3CCCC3)c1)c1ccccc1OC2. The third kappa shape index (κ3) is 6.15. The van der Waals surface area contributed by atoms with Crippen molar-refractivity contribution >= 4 is 53.5 Å². The van der Waals surface area contributed by atoms with Gasteiger partial charge in [-0.05, 0) is 80.6 Å². The number of fused-ring (bicyclic) bond motifs is 2. The molecule has 2 saturated heterocycles. The molecule has 198 valence electrons. The van der Waals surface area contributed by atoms with Crippen LogP contribution in [-0.2, 0) is 13.0 Å². The summed E-state index contributed by atoms with van der Waals surface area (Å²) in [5.74, 6) is 0.947. The highest BCUT2D eigenvalue weighted by Crippen LogP contribution is 2.41. The maximum absolute atomic E-state index is 6.46. The van der Waals surface area contributed by atoms with E-state index < -0.39 is 0 Å². The second-order valence-electron chi connectivity index (χ2n) is 10.1. The van der Waals surface area contributed by atoms with Crippen molar-refractivity contribution in [2.75, 3.05) is 42.5 Å². The second-order valence-corrected chi connectivity index (χ2v) is 10.5. The molecule has 3 aliphatic heterocycles. The highest BCUT2D eigenvalue weighted by Gasteiger charge is 2.30. The van der Waals surface area contributed by atoms with Crippen LogP contribution in [-0.4, -0.2) is 43.7 Å². The molecule has 1 atom stereocenters. The second kappa shape index (κ2) is 12.6. The van der Waals surface area contributed by atoms with Crippen molar-refractivity contribution < 1.29 is 4.74 Å². The lowest BCUT2D eigenvalue weighted by Gasteiger charge is -2.33. The van der Waals surface area contributed by atoms with Gasteiger partial charge in [-0.1, -0.05) is 41.9 Å². The van der Waals surface area contributed by atoms with Crippen LogP contribution in [0.5, 0.6) is 5.75 Å². The molecule has 3 aliphatic rings. The van der Waals surface area contributed by atoms with Crippen molar-refractivity contribution in [2.45, 2.75) is 44.8 Å². The fourth-order valence-electron chi connectivity index (χ4n) is 5.96. The number of anilines is 3. The third-order valence-corrected chi connectivity index (χ3v) is 8.07. The fourth-order valence-corrected chi connectivity index (χ4v) is 6.12. The van der Waals surface area contributed by atoms with Crippen molar-refractivity contribution in [3.05, 3.63) is 82.9 Å². The van der Waals surface area contributed by atoms with Crippen LogP contribution in [0.15, 0.2) is 66.7 Å².